The Hall–Kier alpha value is -1.84. The summed E-state index contributed by atoms with van der Waals surface area (Å²) >= 11 is 0. The van der Waals surface area contributed by atoms with E-state index in [1.54, 1.807) is 6.92 Å². The van der Waals surface area contributed by atoms with E-state index in [1.807, 2.05) is 52.0 Å². The number of amides is 1. The minimum atomic E-state index is -0.785. The number of ether oxygens (including phenoxy) is 1. The molecule has 0 fully saturated rings. The summed E-state index contributed by atoms with van der Waals surface area (Å²) in [5.41, 5.74) is 1.68. The molecule has 1 amide bonds. The molecular weight excluding hydrogens is 254 g/mol. The number of rotatable bonds is 4. The van der Waals surface area contributed by atoms with Crippen molar-refractivity contribution in [3.05, 3.63) is 35.4 Å². The molecule has 110 valence electrons. The van der Waals surface area contributed by atoms with Gasteiger partial charge in [0.1, 0.15) is 0 Å². The van der Waals surface area contributed by atoms with Crippen LogP contribution < -0.4 is 5.32 Å². The Bertz CT molecular complexity index is 471. The Kier molecular flexibility index (Phi) is 5.31. The Balaban J connectivity index is 2.49. The maximum atomic E-state index is 11.8. The molecule has 1 rings (SSSR count). The zero-order valence-corrected chi connectivity index (χ0v) is 12.8. The van der Waals surface area contributed by atoms with Crippen LogP contribution in [0.2, 0.25) is 0 Å². The minimum Gasteiger partial charge on any atom is -0.452 e. The smallest absolute Gasteiger partial charge is 0.311 e. The number of aryl methyl sites for hydroxylation is 1. The summed E-state index contributed by atoms with van der Waals surface area (Å²) in [6.07, 6.45) is -0.611. The molecule has 0 radical (unpaired) electrons. The third-order valence-electron chi connectivity index (χ3n) is 2.64. The second kappa shape index (κ2) is 6.55. The number of hydrogen-bond donors (Lipinski definition) is 1. The van der Waals surface area contributed by atoms with Crippen molar-refractivity contribution in [1.82, 2.24) is 5.32 Å². The predicted octanol–water partition coefficient (Wildman–Crippen LogP) is 2.38. The van der Waals surface area contributed by atoms with E-state index in [4.69, 9.17) is 4.74 Å². The lowest BCUT2D eigenvalue weighted by molar-refractivity contribution is -0.154. The molecule has 0 aliphatic rings. The molecule has 1 aromatic rings. The summed E-state index contributed by atoms with van der Waals surface area (Å²) < 4.78 is 5.14. The van der Waals surface area contributed by atoms with Gasteiger partial charge in [-0.1, -0.05) is 29.8 Å². The fraction of sp³-hybridized carbons (Fsp3) is 0.500. The van der Waals surface area contributed by atoms with Crippen LogP contribution in [0.25, 0.3) is 0 Å². The van der Waals surface area contributed by atoms with E-state index < -0.39 is 12.1 Å². The van der Waals surface area contributed by atoms with Gasteiger partial charge >= 0.3 is 5.97 Å². The molecule has 1 aromatic carbocycles. The van der Waals surface area contributed by atoms with Crippen molar-refractivity contribution in [2.75, 3.05) is 0 Å². The largest absolute Gasteiger partial charge is 0.452 e. The lowest BCUT2D eigenvalue weighted by Gasteiger charge is -2.23. The molecule has 0 unspecified atom stereocenters. The van der Waals surface area contributed by atoms with Crippen LogP contribution in [0.4, 0.5) is 0 Å². The van der Waals surface area contributed by atoms with E-state index in [0.717, 1.165) is 11.1 Å². The highest BCUT2D eigenvalue weighted by Gasteiger charge is 2.22. The lowest BCUT2D eigenvalue weighted by atomic mass is 10.1. The maximum Gasteiger partial charge on any atom is 0.311 e. The zero-order chi connectivity index (χ0) is 15.3. The average Bonchev–Trinajstić information content (AvgIpc) is 2.29. The molecule has 0 saturated heterocycles. The average molecular weight is 277 g/mol. The number of carbonyl (C=O) groups excluding carboxylic acids is 2. The second-order valence-electron chi connectivity index (χ2n) is 6.03. The molecule has 0 aliphatic carbocycles. The quantitative estimate of drug-likeness (QED) is 0.860. The molecule has 0 heterocycles. The normalized spacial score (nSPS) is 12.7. The summed E-state index contributed by atoms with van der Waals surface area (Å²) in [4.78, 5) is 23.6. The fourth-order valence-electron chi connectivity index (χ4n) is 1.64. The van der Waals surface area contributed by atoms with Gasteiger partial charge in [-0.15, -0.1) is 0 Å². The van der Waals surface area contributed by atoms with Crippen molar-refractivity contribution < 1.29 is 14.3 Å². The van der Waals surface area contributed by atoms with Crippen LogP contribution in [0.3, 0.4) is 0 Å². The van der Waals surface area contributed by atoms with Gasteiger partial charge in [-0.25, -0.2) is 0 Å². The molecule has 0 spiro atoms. The molecule has 0 aromatic heterocycles. The number of hydrogen-bond acceptors (Lipinski definition) is 3. The molecule has 20 heavy (non-hydrogen) atoms. The van der Waals surface area contributed by atoms with Crippen molar-refractivity contribution >= 4 is 11.9 Å². The van der Waals surface area contributed by atoms with Gasteiger partial charge in [0.15, 0.2) is 6.10 Å². The predicted molar refractivity (Wildman–Crippen MR) is 78.3 cm³/mol. The van der Waals surface area contributed by atoms with Crippen LogP contribution in [0.5, 0.6) is 0 Å². The van der Waals surface area contributed by atoms with E-state index in [2.05, 4.69) is 5.32 Å². The molecule has 0 aliphatic heterocycles. The van der Waals surface area contributed by atoms with Crippen LogP contribution >= 0.6 is 0 Å². The first kappa shape index (κ1) is 16.2. The van der Waals surface area contributed by atoms with E-state index in [9.17, 15) is 9.59 Å². The molecule has 1 atom stereocenters. The van der Waals surface area contributed by atoms with Crippen LogP contribution in [0.1, 0.15) is 38.8 Å². The maximum absolute atomic E-state index is 11.8. The minimum absolute atomic E-state index is 0.174. The Labute approximate surface area is 120 Å². The zero-order valence-electron chi connectivity index (χ0n) is 12.8. The molecule has 4 nitrogen and oxygen atoms in total. The topological polar surface area (TPSA) is 55.4 Å². The molecule has 0 bridgehead atoms. The number of benzene rings is 1. The van der Waals surface area contributed by atoms with Crippen molar-refractivity contribution in [2.45, 2.75) is 52.7 Å². The van der Waals surface area contributed by atoms with Gasteiger partial charge in [0.05, 0.1) is 6.42 Å². The van der Waals surface area contributed by atoms with E-state index >= 15 is 0 Å². The van der Waals surface area contributed by atoms with Gasteiger partial charge in [0, 0.05) is 5.54 Å². The summed E-state index contributed by atoms with van der Waals surface area (Å²) in [6, 6.07) is 7.66. The fourth-order valence-corrected chi connectivity index (χ4v) is 1.64. The van der Waals surface area contributed by atoms with E-state index in [1.165, 1.54) is 0 Å². The van der Waals surface area contributed by atoms with Crippen LogP contribution in [0, 0.1) is 6.92 Å². The monoisotopic (exact) mass is 277 g/mol. The third kappa shape index (κ3) is 5.87. The van der Waals surface area contributed by atoms with Crippen molar-refractivity contribution in [1.29, 1.82) is 0 Å². The third-order valence-corrected chi connectivity index (χ3v) is 2.64. The summed E-state index contributed by atoms with van der Waals surface area (Å²) in [5.74, 6) is -0.680. The van der Waals surface area contributed by atoms with Gasteiger partial charge < -0.3 is 10.1 Å². The first-order valence-electron chi connectivity index (χ1n) is 6.74. The Morgan fingerprint density at radius 1 is 1.20 bits per heavy atom. The van der Waals surface area contributed by atoms with Crippen LogP contribution in [0.15, 0.2) is 24.3 Å². The van der Waals surface area contributed by atoms with Gasteiger partial charge in [-0.3, -0.25) is 9.59 Å². The summed E-state index contributed by atoms with van der Waals surface area (Å²) in [7, 11) is 0. The van der Waals surface area contributed by atoms with Gasteiger partial charge in [0.2, 0.25) is 0 Å². The Morgan fingerprint density at radius 2 is 1.75 bits per heavy atom. The first-order chi connectivity index (χ1) is 9.17. The summed E-state index contributed by atoms with van der Waals surface area (Å²) in [6.45, 7) is 9.21. The lowest BCUT2D eigenvalue weighted by Crippen LogP contribution is -2.46. The molecular formula is C16H23NO3. The SMILES string of the molecule is Cc1ccc(CC(=O)O[C@@H](C)C(=O)NC(C)(C)C)cc1. The molecule has 0 saturated carbocycles. The highest BCUT2D eigenvalue weighted by molar-refractivity contribution is 5.84. The van der Waals surface area contributed by atoms with E-state index in [0.29, 0.717) is 0 Å². The first-order valence-corrected chi connectivity index (χ1v) is 6.74. The molecule has 1 N–H and O–H groups in total. The van der Waals surface area contributed by atoms with Crippen LogP contribution in [-0.2, 0) is 20.7 Å². The highest BCUT2D eigenvalue weighted by Crippen LogP contribution is 2.06. The van der Waals surface area contributed by atoms with E-state index in [-0.39, 0.29) is 17.9 Å². The number of carbonyl (C=O) groups is 2. The van der Waals surface area contributed by atoms with Gasteiger partial charge in [-0.05, 0) is 40.2 Å². The Morgan fingerprint density at radius 3 is 2.25 bits per heavy atom. The van der Waals surface area contributed by atoms with Crippen LogP contribution in [-0.4, -0.2) is 23.5 Å². The standard InChI is InChI=1S/C16H23NO3/c1-11-6-8-13(9-7-11)10-14(18)20-12(2)15(19)17-16(3,4)5/h6-9,12H,10H2,1-5H3,(H,17,19)/t12-/m0/s1. The van der Waals surface area contributed by atoms with Crippen molar-refractivity contribution in [3.63, 3.8) is 0 Å². The van der Waals surface area contributed by atoms with Crippen molar-refractivity contribution in [3.8, 4) is 0 Å². The molecule has 4 heteroatoms. The number of esters is 1. The van der Waals surface area contributed by atoms with Gasteiger partial charge in [0.25, 0.3) is 5.91 Å². The number of nitrogens with one attached hydrogen (secondary N) is 1. The van der Waals surface area contributed by atoms with Gasteiger partial charge in [-0.2, -0.15) is 0 Å². The summed E-state index contributed by atoms with van der Waals surface area (Å²) in [5, 5.41) is 2.78. The van der Waals surface area contributed by atoms with Crippen molar-refractivity contribution in [2.24, 2.45) is 0 Å². The second-order valence-corrected chi connectivity index (χ2v) is 6.03. The highest BCUT2D eigenvalue weighted by atomic mass is 16.5.